The van der Waals surface area contributed by atoms with E-state index in [1.165, 1.54) is 19.1 Å². The molecule has 0 bridgehead atoms. The normalized spacial score (nSPS) is 27.0. The standard InChI is InChI=1S/C15H16F4N2O4/c1-3-25-12(22)10-11(8-5-4-6-9(16)7-8)20-13(23)21(2)14(10,24)15(17,18)19/h4-7,10-11,24H,3H2,1-2H3,(H,20,23)/t10-,11-,14-/m1/s1. The number of aliphatic hydroxyl groups is 1. The number of amides is 2. The second kappa shape index (κ2) is 6.51. The summed E-state index contributed by atoms with van der Waals surface area (Å²) in [6.07, 6.45) is -5.36. The SMILES string of the molecule is CCOC(=O)[C@H]1[C@@H](c2cccc(F)c2)NC(=O)N(C)[C@]1(O)C(F)(F)F. The molecule has 1 aromatic rings. The topological polar surface area (TPSA) is 78.9 Å². The molecule has 0 spiro atoms. The van der Waals surface area contributed by atoms with Crippen molar-refractivity contribution in [2.24, 2.45) is 5.92 Å². The number of hydrogen-bond donors (Lipinski definition) is 2. The van der Waals surface area contributed by atoms with Crippen molar-refractivity contribution < 1.29 is 37.0 Å². The van der Waals surface area contributed by atoms with Crippen molar-refractivity contribution in [2.75, 3.05) is 13.7 Å². The molecule has 25 heavy (non-hydrogen) atoms. The molecule has 2 amide bonds. The highest BCUT2D eigenvalue weighted by atomic mass is 19.4. The summed E-state index contributed by atoms with van der Waals surface area (Å²) in [5.74, 6) is -4.40. The Morgan fingerprint density at radius 1 is 1.44 bits per heavy atom. The largest absolute Gasteiger partial charge is 0.466 e. The molecule has 6 nitrogen and oxygen atoms in total. The Balaban J connectivity index is 2.64. The quantitative estimate of drug-likeness (QED) is 0.635. The van der Waals surface area contributed by atoms with E-state index >= 15 is 0 Å². The Kier molecular flexibility index (Phi) is 4.94. The van der Waals surface area contributed by atoms with E-state index in [-0.39, 0.29) is 17.1 Å². The number of halogens is 4. The highest BCUT2D eigenvalue weighted by Gasteiger charge is 2.69. The zero-order valence-corrected chi connectivity index (χ0v) is 13.3. The average Bonchev–Trinajstić information content (AvgIpc) is 2.51. The summed E-state index contributed by atoms with van der Waals surface area (Å²) in [6.45, 7) is 1.14. The zero-order chi connectivity index (χ0) is 19.0. The van der Waals surface area contributed by atoms with Gasteiger partial charge < -0.3 is 15.2 Å². The van der Waals surface area contributed by atoms with Gasteiger partial charge in [0.15, 0.2) is 0 Å². The molecule has 1 fully saturated rings. The number of ether oxygens (including phenoxy) is 1. The van der Waals surface area contributed by atoms with Gasteiger partial charge in [-0.1, -0.05) is 12.1 Å². The van der Waals surface area contributed by atoms with Gasteiger partial charge >= 0.3 is 18.2 Å². The van der Waals surface area contributed by atoms with Crippen LogP contribution in [0.5, 0.6) is 0 Å². The number of carbonyl (C=O) groups excluding carboxylic acids is 2. The molecule has 3 atom stereocenters. The number of nitrogens with zero attached hydrogens (tertiary/aromatic N) is 1. The Bertz CT molecular complexity index is 682. The van der Waals surface area contributed by atoms with E-state index in [2.05, 4.69) is 10.1 Å². The molecule has 138 valence electrons. The molecule has 1 saturated heterocycles. The maximum absolute atomic E-state index is 13.6. The van der Waals surface area contributed by atoms with Gasteiger partial charge in [0.1, 0.15) is 11.7 Å². The van der Waals surface area contributed by atoms with Crippen LogP contribution in [-0.2, 0) is 9.53 Å². The molecule has 1 aromatic carbocycles. The van der Waals surface area contributed by atoms with Crippen molar-refractivity contribution in [3.8, 4) is 0 Å². The first-order chi connectivity index (χ1) is 11.5. The first-order valence-electron chi connectivity index (χ1n) is 7.29. The highest BCUT2D eigenvalue weighted by Crippen LogP contribution is 2.46. The Labute approximate surface area is 140 Å². The second-order valence-electron chi connectivity index (χ2n) is 5.49. The van der Waals surface area contributed by atoms with Gasteiger partial charge in [-0.25, -0.2) is 9.18 Å². The molecule has 1 aliphatic heterocycles. The number of esters is 1. The third-order valence-electron chi connectivity index (χ3n) is 4.03. The zero-order valence-electron chi connectivity index (χ0n) is 13.3. The minimum atomic E-state index is -5.36. The van der Waals surface area contributed by atoms with E-state index < -0.39 is 41.7 Å². The van der Waals surface area contributed by atoms with Crippen LogP contribution in [0.1, 0.15) is 18.5 Å². The van der Waals surface area contributed by atoms with Gasteiger partial charge in [0.25, 0.3) is 5.72 Å². The van der Waals surface area contributed by atoms with Crippen molar-refractivity contribution in [3.63, 3.8) is 0 Å². The molecule has 0 unspecified atom stereocenters. The van der Waals surface area contributed by atoms with E-state index in [0.717, 1.165) is 12.1 Å². The van der Waals surface area contributed by atoms with Crippen LogP contribution in [0.3, 0.4) is 0 Å². The predicted molar refractivity (Wildman–Crippen MR) is 76.6 cm³/mol. The molecule has 2 N–H and O–H groups in total. The molecular formula is C15H16F4N2O4. The fourth-order valence-electron chi connectivity index (χ4n) is 2.78. The molecule has 2 rings (SSSR count). The first kappa shape index (κ1) is 19.0. The Hall–Kier alpha value is -2.36. The summed E-state index contributed by atoms with van der Waals surface area (Å²) < 4.78 is 59.0. The summed E-state index contributed by atoms with van der Waals surface area (Å²) >= 11 is 0. The molecule has 1 aliphatic rings. The monoisotopic (exact) mass is 364 g/mol. The molecule has 10 heteroatoms. The van der Waals surface area contributed by atoms with E-state index in [9.17, 15) is 32.3 Å². The fraction of sp³-hybridized carbons (Fsp3) is 0.467. The third kappa shape index (κ3) is 3.13. The summed E-state index contributed by atoms with van der Waals surface area (Å²) in [5.41, 5.74) is -3.93. The number of benzene rings is 1. The smallest absolute Gasteiger partial charge is 0.437 e. The summed E-state index contributed by atoms with van der Waals surface area (Å²) in [5, 5.41) is 12.5. The maximum atomic E-state index is 13.6. The molecule has 0 aromatic heterocycles. The lowest BCUT2D eigenvalue weighted by atomic mass is 9.81. The number of hydrogen-bond acceptors (Lipinski definition) is 4. The van der Waals surface area contributed by atoms with Crippen LogP contribution in [0, 0.1) is 11.7 Å². The third-order valence-corrected chi connectivity index (χ3v) is 4.03. The van der Waals surface area contributed by atoms with E-state index in [4.69, 9.17) is 0 Å². The predicted octanol–water partition coefficient (Wildman–Crippen LogP) is 1.95. The molecule has 0 radical (unpaired) electrons. The number of carbonyl (C=O) groups is 2. The van der Waals surface area contributed by atoms with Gasteiger partial charge in [0, 0.05) is 7.05 Å². The van der Waals surface area contributed by atoms with E-state index in [1.807, 2.05) is 0 Å². The molecular weight excluding hydrogens is 348 g/mol. The van der Waals surface area contributed by atoms with Gasteiger partial charge in [-0.2, -0.15) is 13.2 Å². The van der Waals surface area contributed by atoms with Crippen LogP contribution >= 0.6 is 0 Å². The van der Waals surface area contributed by atoms with Crippen molar-refractivity contribution in [1.82, 2.24) is 10.2 Å². The van der Waals surface area contributed by atoms with Crippen LogP contribution in [0.2, 0.25) is 0 Å². The van der Waals surface area contributed by atoms with Crippen molar-refractivity contribution in [3.05, 3.63) is 35.6 Å². The van der Waals surface area contributed by atoms with Crippen LogP contribution in [0.4, 0.5) is 22.4 Å². The van der Waals surface area contributed by atoms with Crippen molar-refractivity contribution in [1.29, 1.82) is 0 Å². The fourth-order valence-corrected chi connectivity index (χ4v) is 2.78. The van der Waals surface area contributed by atoms with Crippen molar-refractivity contribution >= 4 is 12.0 Å². The second-order valence-corrected chi connectivity index (χ2v) is 5.49. The first-order valence-corrected chi connectivity index (χ1v) is 7.29. The summed E-state index contributed by atoms with van der Waals surface area (Å²) in [4.78, 5) is 24.2. The molecule has 0 aliphatic carbocycles. The van der Waals surface area contributed by atoms with Gasteiger partial charge in [-0.15, -0.1) is 0 Å². The molecule has 0 saturated carbocycles. The van der Waals surface area contributed by atoms with E-state index in [0.29, 0.717) is 7.05 Å². The lowest BCUT2D eigenvalue weighted by molar-refractivity contribution is -0.328. The molecule has 1 heterocycles. The van der Waals surface area contributed by atoms with Crippen LogP contribution in [0.25, 0.3) is 0 Å². The minimum Gasteiger partial charge on any atom is -0.466 e. The summed E-state index contributed by atoms with van der Waals surface area (Å²) in [7, 11) is 0.705. The maximum Gasteiger partial charge on any atom is 0.437 e. The van der Waals surface area contributed by atoms with Gasteiger partial charge in [0.2, 0.25) is 0 Å². The number of alkyl halides is 3. The van der Waals surface area contributed by atoms with Gasteiger partial charge in [-0.3, -0.25) is 9.69 Å². The summed E-state index contributed by atoms with van der Waals surface area (Å²) in [6, 6.07) is 1.47. The van der Waals surface area contributed by atoms with Crippen molar-refractivity contribution in [2.45, 2.75) is 24.9 Å². The van der Waals surface area contributed by atoms with Crippen LogP contribution in [-0.4, -0.2) is 47.6 Å². The average molecular weight is 364 g/mol. The Morgan fingerprint density at radius 2 is 2.08 bits per heavy atom. The lowest BCUT2D eigenvalue weighted by Gasteiger charge is -2.49. The number of nitrogens with one attached hydrogen (secondary N) is 1. The Morgan fingerprint density at radius 3 is 2.60 bits per heavy atom. The van der Waals surface area contributed by atoms with Crippen LogP contribution in [0.15, 0.2) is 24.3 Å². The van der Waals surface area contributed by atoms with Crippen LogP contribution < -0.4 is 5.32 Å². The van der Waals surface area contributed by atoms with Gasteiger partial charge in [-0.05, 0) is 24.6 Å². The lowest BCUT2D eigenvalue weighted by Crippen LogP contribution is -2.73. The van der Waals surface area contributed by atoms with E-state index in [1.54, 1.807) is 0 Å². The minimum absolute atomic E-state index is 0.00954. The highest BCUT2D eigenvalue weighted by molar-refractivity contribution is 5.83. The number of urea groups is 1. The number of rotatable bonds is 3. The van der Waals surface area contributed by atoms with Gasteiger partial charge in [0.05, 0.1) is 12.6 Å².